The molecule has 1 heterocycles. The molecule has 1 aromatic heterocycles. The molecule has 1 N–H and O–H groups in total. The molecular weight excluding hydrogens is 278 g/mol. The molecule has 2 rings (SSSR count). The van der Waals surface area contributed by atoms with Crippen molar-refractivity contribution in [1.82, 2.24) is 9.78 Å². The van der Waals surface area contributed by atoms with Crippen LogP contribution in [0.15, 0.2) is 24.3 Å². The van der Waals surface area contributed by atoms with Crippen LogP contribution in [0, 0.1) is 26.7 Å². The van der Waals surface area contributed by atoms with E-state index < -0.39 is 0 Å². The van der Waals surface area contributed by atoms with Crippen molar-refractivity contribution in [2.45, 2.75) is 34.2 Å². The van der Waals surface area contributed by atoms with Gasteiger partial charge in [-0.15, -0.1) is 0 Å². The van der Waals surface area contributed by atoms with Crippen LogP contribution in [-0.4, -0.2) is 22.8 Å². The third-order valence-electron chi connectivity index (χ3n) is 4.00. The molecule has 0 spiro atoms. The Kier molecular flexibility index (Phi) is 4.85. The van der Waals surface area contributed by atoms with E-state index in [0.717, 1.165) is 22.8 Å². The third kappa shape index (κ3) is 3.47. The molecule has 1 aromatic carbocycles. The second-order valence-corrected chi connectivity index (χ2v) is 5.60. The van der Waals surface area contributed by atoms with Crippen molar-refractivity contribution < 1.29 is 9.53 Å². The molecule has 1 atom stereocenters. The standard InChI is InChI=1S/C17H23N3O2/c1-11(10-20-14(4)12(2)13(3)19-20)17(21)18-15-6-8-16(22-5)9-7-15/h6-9,11H,10H2,1-5H3,(H,18,21)/t11-/m1/s1. The van der Waals surface area contributed by atoms with E-state index in [-0.39, 0.29) is 11.8 Å². The highest BCUT2D eigenvalue weighted by Crippen LogP contribution is 2.17. The number of nitrogens with zero attached hydrogens (tertiary/aromatic N) is 2. The molecule has 0 saturated heterocycles. The number of aryl methyl sites for hydroxylation is 1. The van der Waals surface area contributed by atoms with Crippen LogP contribution >= 0.6 is 0 Å². The highest BCUT2D eigenvalue weighted by molar-refractivity contribution is 5.92. The Morgan fingerprint density at radius 2 is 1.91 bits per heavy atom. The molecule has 5 heteroatoms. The molecule has 0 bridgehead atoms. The van der Waals surface area contributed by atoms with Crippen LogP contribution in [0.5, 0.6) is 5.75 Å². The summed E-state index contributed by atoms with van der Waals surface area (Å²) in [6.45, 7) is 8.55. The number of rotatable bonds is 5. The highest BCUT2D eigenvalue weighted by atomic mass is 16.5. The van der Waals surface area contributed by atoms with Crippen LogP contribution in [0.3, 0.4) is 0 Å². The number of benzene rings is 1. The average Bonchev–Trinajstić information content (AvgIpc) is 2.75. The van der Waals surface area contributed by atoms with Gasteiger partial charge in [-0.3, -0.25) is 9.48 Å². The summed E-state index contributed by atoms with van der Waals surface area (Å²) < 4.78 is 7.01. The summed E-state index contributed by atoms with van der Waals surface area (Å²) in [5, 5.41) is 7.40. The number of nitrogens with one attached hydrogen (secondary N) is 1. The van der Waals surface area contributed by atoms with Crippen molar-refractivity contribution >= 4 is 11.6 Å². The van der Waals surface area contributed by atoms with Gasteiger partial charge in [-0.2, -0.15) is 5.10 Å². The molecule has 0 fully saturated rings. The molecule has 0 aliphatic carbocycles. The Morgan fingerprint density at radius 3 is 2.41 bits per heavy atom. The second kappa shape index (κ2) is 6.64. The molecule has 0 aliphatic heterocycles. The summed E-state index contributed by atoms with van der Waals surface area (Å²) in [6, 6.07) is 7.31. The van der Waals surface area contributed by atoms with Crippen molar-refractivity contribution in [3.05, 3.63) is 41.2 Å². The molecule has 0 radical (unpaired) electrons. The fraction of sp³-hybridized carbons (Fsp3) is 0.412. The number of methoxy groups -OCH3 is 1. The molecular formula is C17H23N3O2. The van der Waals surface area contributed by atoms with E-state index in [9.17, 15) is 4.79 Å². The SMILES string of the molecule is COc1ccc(NC(=O)[C@H](C)Cn2nc(C)c(C)c2C)cc1. The molecule has 118 valence electrons. The van der Waals surface area contributed by atoms with Crippen LogP contribution in [-0.2, 0) is 11.3 Å². The van der Waals surface area contributed by atoms with Crippen LogP contribution in [0.1, 0.15) is 23.9 Å². The van der Waals surface area contributed by atoms with Gasteiger partial charge < -0.3 is 10.1 Å². The van der Waals surface area contributed by atoms with E-state index in [4.69, 9.17) is 4.74 Å². The third-order valence-corrected chi connectivity index (χ3v) is 4.00. The first-order valence-electron chi connectivity index (χ1n) is 7.38. The number of hydrogen-bond donors (Lipinski definition) is 1. The number of carbonyl (C=O) groups is 1. The van der Waals surface area contributed by atoms with E-state index in [0.29, 0.717) is 6.54 Å². The zero-order valence-corrected chi connectivity index (χ0v) is 13.8. The normalized spacial score (nSPS) is 12.0. The van der Waals surface area contributed by atoms with E-state index in [1.165, 1.54) is 5.56 Å². The van der Waals surface area contributed by atoms with E-state index in [1.807, 2.05) is 49.7 Å². The Balaban J connectivity index is 2.00. The minimum atomic E-state index is -0.167. The van der Waals surface area contributed by atoms with E-state index >= 15 is 0 Å². The highest BCUT2D eigenvalue weighted by Gasteiger charge is 2.16. The fourth-order valence-corrected chi connectivity index (χ4v) is 2.25. The van der Waals surface area contributed by atoms with Crippen molar-refractivity contribution in [3.8, 4) is 5.75 Å². The Labute approximate surface area is 131 Å². The van der Waals surface area contributed by atoms with E-state index in [1.54, 1.807) is 7.11 Å². The number of aromatic nitrogens is 2. The van der Waals surface area contributed by atoms with Gasteiger partial charge in [0.2, 0.25) is 5.91 Å². The first-order valence-corrected chi connectivity index (χ1v) is 7.38. The lowest BCUT2D eigenvalue weighted by molar-refractivity contribution is -0.119. The lowest BCUT2D eigenvalue weighted by atomic mass is 10.1. The summed E-state index contributed by atoms with van der Waals surface area (Å²) in [5.41, 5.74) is 4.08. The van der Waals surface area contributed by atoms with Gasteiger partial charge >= 0.3 is 0 Å². The van der Waals surface area contributed by atoms with Gasteiger partial charge in [0.05, 0.1) is 25.3 Å². The van der Waals surface area contributed by atoms with Gasteiger partial charge in [0.25, 0.3) is 0 Å². The Morgan fingerprint density at radius 1 is 1.27 bits per heavy atom. The zero-order chi connectivity index (χ0) is 16.3. The topological polar surface area (TPSA) is 56.1 Å². The van der Waals surface area contributed by atoms with Crippen molar-refractivity contribution in [3.63, 3.8) is 0 Å². The predicted molar refractivity (Wildman–Crippen MR) is 87.2 cm³/mol. The van der Waals surface area contributed by atoms with Gasteiger partial charge in [0.1, 0.15) is 5.75 Å². The first kappa shape index (κ1) is 16.1. The Bertz CT molecular complexity index is 659. The van der Waals surface area contributed by atoms with Crippen LogP contribution in [0.25, 0.3) is 0 Å². The molecule has 0 saturated carbocycles. The molecule has 0 aliphatic rings. The molecule has 2 aromatic rings. The molecule has 5 nitrogen and oxygen atoms in total. The number of hydrogen-bond acceptors (Lipinski definition) is 3. The Hall–Kier alpha value is -2.30. The summed E-state index contributed by atoms with van der Waals surface area (Å²) in [5.74, 6) is 0.582. The monoisotopic (exact) mass is 301 g/mol. The quantitative estimate of drug-likeness (QED) is 0.923. The van der Waals surface area contributed by atoms with Gasteiger partial charge in [0, 0.05) is 11.4 Å². The zero-order valence-electron chi connectivity index (χ0n) is 13.8. The molecule has 1 amide bonds. The first-order chi connectivity index (χ1) is 10.4. The summed E-state index contributed by atoms with van der Waals surface area (Å²) in [6.07, 6.45) is 0. The number of amides is 1. The average molecular weight is 301 g/mol. The smallest absolute Gasteiger partial charge is 0.229 e. The lowest BCUT2D eigenvalue weighted by Gasteiger charge is -2.14. The van der Waals surface area contributed by atoms with Crippen molar-refractivity contribution in [2.24, 2.45) is 5.92 Å². The minimum Gasteiger partial charge on any atom is -0.497 e. The van der Waals surface area contributed by atoms with Crippen LogP contribution < -0.4 is 10.1 Å². The number of ether oxygens (including phenoxy) is 1. The lowest BCUT2D eigenvalue weighted by Crippen LogP contribution is -2.25. The maximum absolute atomic E-state index is 12.3. The predicted octanol–water partition coefficient (Wildman–Crippen LogP) is 3.09. The van der Waals surface area contributed by atoms with Crippen molar-refractivity contribution in [2.75, 3.05) is 12.4 Å². The van der Waals surface area contributed by atoms with Gasteiger partial charge in [-0.1, -0.05) is 6.92 Å². The van der Waals surface area contributed by atoms with Crippen LogP contribution in [0.4, 0.5) is 5.69 Å². The summed E-state index contributed by atoms with van der Waals surface area (Å²) >= 11 is 0. The number of carbonyl (C=O) groups excluding carboxylic acids is 1. The summed E-state index contributed by atoms with van der Waals surface area (Å²) in [7, 11) is 1.62. The second-order valence-electron chi connectivity index (χ2n) is 5.60. The van der Waals surface area contributed by atoms with Gasteiger partial charge in [-0.25, -0.2) is 0 Å². The maximum atomic E-state index is 12.3. The molecule has 0 unspecified atom stereocenters. The van der Waals surface area contributed by atoms with Gasteiger partial charge in [-0.05, 0) is 50.6 Å². The van der Waals surface area contributed by atoms with Gasteiger partial charge in [0.15, 0.2) is 0 Å². The van der Waals surface area contributed by atoms with Crippen molar-refractivity contribution in [1.29, 1.82) is 0 Å². The number of anilines is 1. The largest absolute Gasteiger partial charge is 0.497 e. The fourth-order valence-electron chi connectivity index (χ4n) is 2.25. The molecule has 22 heavy (non-hydrogen) atoms. The van der Waals surface area contributed by atoms with E-state index in [2.05, 4.69) is 17.3 Å². The minimum absolute atomic E-state index is 0.0182. The summed E-state index contributed by atoms with van der Waals surface area (Å²) in [4.78, 5) is 12.3. The maximum Gasteiger partial charge on any atom is 0.229 e. The van der Waals surface area contributed by atoms with Crippen LogP contribution in [0.2, 0.25) is 0 Å².